The Balaban J connectivity index is 0.000000136. The van der Waals surface area contributed by atoms with Gasteiger partial charge in [0.25, 0.3) is 0 Å². The summed E-state index contributed by atoms with van der Waals surface area (Å²) in [5.41, 5.74) is 30.5. The number of hydrogen-bond donors (Lipinski definition) is 0. The molecule has 0 bridgehead atoms. The molecule has 0 unspecified atom stereocenters. The number of benzene rings is 20. The Hall–Kier alpha value is -13.5. The Bertz CT molecular complexity index is 6860. The van der Waals surface area contributed by atoms with Crippen LogP contribution in [0.4, 0.5) is 0 Å². The molecule has 0 spiro atoms. The van der Waals surface area contributed by atoms with Gasteiger partial charge in [0.05, 0.1) is 0 Å². The van der Waals surface area contributed by atoms with Gasteiger partial charge >= 0.3 is 0 Å². The van der Waals surface area contributed by atoms with Crippen molar-refractivity contribution in [2.45, 2.75) is 0 Å². The standard InChI is InChI=1S/C56H32.C48H32/c1-2-12-34-31-35(24-23-33(34)11-1)36-25-26-51-52(32-36)56(50-30-28-48-40-16-6-4-14-38(40)42-20-10-22-46(50)54(42)48)44-18-8-7-17-43(44)55(51)49-29-27-47-39-15-5-3-13-37(39)41-19-9-21-45(49)53(41)47;1-3-11-33(12-4-1)36-19-24-38(25-20-36)47-43-17-9-10-18-44(43)48(39-26-21-37(22-27-39)34-13-5-2-6-14-34)46-32-42(29-30-45(46)47)41-28-23-35-15-7-8-16-40(35)31-41/h1-32H;1-32H. The summed E-state index contributed by atoms with van der Waals surface area (Å²) in [4.78, 5) is 0. The average molecular weight is 1310 g/mol. The zero-order valence-electron chi connectivity index (χ0n) is 57.0. The van der Waals surface area contributed by atoms with Gasteiger partial charge in [0.15, 0.2) is 0 Å². The number of hydrogen-bond acceptors (Lipinski definition) is 0. The van der Waals surface area contributed by atoms with E-state index in [1.807, 2.05) is 0 Å². The van der Waals surface area contributed by atoms with E-state index in [1.165, 1.54) is 220 Å². The fourth-order valence-electron chi connectivity index (χ4n) is 17.6. The minimum absolute atomic E-state index is 1.22. The van der Waals surface area contributed by atoms with Gasteiger partial charge in [-0.05, 0) is 244 Å². The van der Waals surface area contributed by atoms with Gasteiger partial charge in [-0.25, -0.2) is 0 Å². The second-order valence-electron chi connectivity index (χ2n) is 28.0. The molecule has 22 rings (SSSR count). The molecule has 0 amide bonds. The average Bonchev–Trinajstić information content (AvgIpc) is 0.872. The Morgan fingerprint density at radius 1 is 0.106 bits per heavy atom. The van der Waals surface area contributed by atoms with Crippen LogP contribution in [0, 0.1) is 0 Å². The molecule has 0 N–H and O–H groups in total. The summed E-state index contributed by atoms with van der Waals surface area (Å²) in [5, 5.41) is 20.5. The van der Waals surface area contributed by atoms with Crippen molar-refractivity contribution in [2.24, 2.45) is 0 Å². The lowest BCUT2D eigenvalue weighted by Gasteiger charge is -2.21. The third-order valence-electron chi connectivity index (χ3n) is 22.4. The second kappa shape index (κ2) is 24.1. The highest BCUT2D eigenvalue weighted by Crippen LogP contribution is 2.55. The van der Waals surface area contributed by atoms with Crippen LogP contribution in [0.25, 0.3) is 220 Å². The van der Waals surface area contributed by atoms with Gasteiger partial charge in [-0.2, -0.15) is 0 Å². The highest BCUT2D eigenvalue weighted by Gasteiger charge is 2.28. The molecule has 0 aromatic heterocycles. The lowest BCUT2D eigenvalue weighted by molar-refractivity contribution is 1.60. The van der Waals surface area contributed by atoms with E-state index in [0.717, 1.165) is 0 Å². The molecule has 2 aliphatic carbocycles. The highest BCUT2D eigenvalue weighted by molar-refractivity contribution is 6.30. The monoisotopic (exact) mass is 1310 g/mol. The molecule has 0 heterocycles. The van der Waals surface area contributed by atoms with Crippen LogP contribution in [0.3, 0.4) is 0 Å². The van der Waals surface area contributed by atoms with E-state index >= 15 is 0 Å². The summed E-state index contributed by atoms with van der Waals surface area (Å²) >= 11 is 0. The van der Waals surface area contributed by atoms with E-state index in [9.17, 15) is 0 Å². The van der Waals surface area contributed by atoms with E-state index in [1.54, 1.807) is 0 Å². The first-order valence-electron chi connectivity index (χ1n) is 36.2. The zero-order valence-corrected chi connectivity index (χ0v) is 57.0. The van der Waals surface area contributed by atoms with E-state index in [2.05, 4.69) is 388 Å². The number of fused-ring (bicyclic) bond motifs is 12. The maximum Gasteiger partial charge on any atom is -0.00199 e. The predicted molar refractivity (Wildman–Crippen MR) is 445 cm³/mol. The Labute approximate surface area is 604 Å². The summed E-state index contributed by atoms with van der Waals surface area (Å²) in [6, 6.07) is 144. The van der Waals surface area contributed by atoms with Crippen LogP contribution in [0.2, 0.25) is 0 Å². The van der Waals surface area contributed by atoms with Gasteiger partial charge in [-0.3, -0.25) is 0 Å². The molecule has 0 heteroatoms. The van der Waals surface area contributed by atoms with Crippen LogP contribution in [0.5, 0.6) is 0 Å². The van der Waals surface area contributed by atoms with Gasteiger partial charge < -0.3 is 0 Å². The molecule has 104 heavy (non-hydrogen) atoms. The second-order valence-corrected chi connectivity index (χ2v) is 28.0. The van der Waals surface area contributed by atoms with Crippen molar-refractivity contribution in [1.82, 2.24) is 0 Å². The normalized spacial score (nSPS) is 11.8. The summed E-state index contributed by atoms with van der Waals surface area (Å²) < 4.78 is 0. The van der Waals surface area contributed by atoms with Crippen molar-refractivity contribution >= 4 is 86.2 Å². The summed E-state index contributed by atoms with van der Waals surface area (Å²) in [5.74, 6) is 0. The van der Waals surface area contributed by atoms with Crippen molar-refractivity contribution in [3.63, 3.8) is 0 Å². The van der Waals surface area contributed by atoms with E-state index in [4.69, 9.17) is 0 Å². The molecular weight excluding hydrogens is 1250 g/mol. The van der Waals surface area contributed by atoms with Crippen molar-refractivity contribution in [3.8, 4) is 134 Å². The maximum absolute atomic E-state index is 2.47. The Morgan fingerprint density at radius 2 is 0.365 bits per heavy atom. The first-order valence-corrected chi connectivity index (χ1v) is 36.2. The molecule has 0 radical (unpaired) electrons. The van der Waals surface area contributed by atoms with Gasteiger partial charge in [-0.15, -0.1) is 0 Å². The van der Waals surface area contributed by atoms with Crippen LogP contribution in [0.1, 0.15) is 0 Å². The molecule has 0 fully saturated rings. The first kappa shape index (κ1) is 59.4. The fraction of sp³-hybridized carbons (Fsp3) is 0. The smallest absolute Gasteiger partial charge is 0.00199 e. The first-order chi connectivity index (χ1) is 51.6. The Morgan fingerprint density at radius 3 is 0.808 bits per heavy atom. The van der Waals surface area contributed by atoms with Gasteiger partial charge in [0, 0.05) is 0 Å². The third kappa shape index (κ3) is 9.54. The maximum atomic E-state index is 2.47. The van der Waals surface area contributed by atoms with Crippen LogP contribution in [-0.2, 0) is 0 Å². The van der Waals surface area contributed by atoms with E-state index in [0.29, 0.717) is 0 Å². The summed E-state index contributed by atoms with van der Waals surface area (Å²) in [6.45, 7) is 0. The van der Waals surface area contributed by atoms with E-state index < -0.39 is 0 Å². The zero-order chi connectivity index (χ0) is 68.3. The van der Waals surface area contributed by atoms with Gasteiger partial charge in [-0.1, -0.05) is 364 Å². The fourth-order valence-corrected chi connectivity index (χ4v) is 17.6. The Kier molecular flexibility index (Phi) is 13.8. The largest absolute Gasteiger partial charge is 0.0622 e. The highest BCUT2D eigenvalue weighted by atomic mass is 14.3. The van der Waals surface area contributed by atoms with Crippen molar-refractivity contribution < 1.29 is 0 Å². The van der Waals surface area contributed by atoms with Gasteiger partial charge in [0.1, 0.15) is 0 Å². The molecule has 480 valence electrons. The summed E-state index contributed by atoms with van der Waals surface area (Å²) in [7, 11) is 0. The van der Waals surface area contributed by atoms with Crippen LogP contribution in [-0.4, -0.2) is 0 Å². The molecule has 20 aromatic rings. The van der Waals surface area contributed by atoms with Crippen LogP contribution >= 0.6 is 0 Å². The van der Waals surface area contributed by atoms with Crippen molar-refractivity contribution in [2.75, 3.05) is 0 Å². The lowest BCUT2D eigenvalue weighted by Crippen LogP contribution is -1.94. The third-order valence-corrected chi connectivity index (χ3v) is 22.4. The minimum Gasteiger partial charge on any atom is -0.0622 e. The molecule has 0 aliphatic heterocycles. The molecule has 2 aliphatic rings. The SMILES string of the molecule is c1ccc(-c2ccc(-c3c4ccccc4c(-c4ccc(-c5ccccc5)cc4)c4cc(-c5ccc6ccccc6c5)ccc34)cc2)cc1.c1ccc2c(c1)-c1cccc3c(-c4c5ccccc5c(-c5ccc6c7c(cccc57)-c5ccccc5-6)c5cc(-c6ccc7ccccc7c6)ccc45)ccc-2c13. The molecular formula is C104H64. The van der Waals surface area contributed by atoms with E-state index in [-0.39, 0.29) is 0 Å². The molecule has 0 saturated carbocycles. The van der Waals surface area contributed by atoms with Crippen LogP contribution in [0.15, 0.2) is 388 Å². The number of rotatable bonds is 8. The van der Waals surface area contributed by atoms with Crippen molar-refractivity contribution in [3.05, 3.63) is 388 Å². The van der Waals surface area contributed by atoms with Crippen molar-refractivity contribution in [1.29, 1.82) is 0 Å². The minimum atomic E-state index is 1.22. The van der Waals surface area contributed by atoms with Gasteiger partial charge in [0.2, 0.25) is 0 Å². The summed E-state index contributed by atoms with van der Waals surface area (Å²) in [6.07, 6.45) is 0. The molecule has 20 aromatic carbocycles. The van der Waals surface area contributed by atoms with Crippen LogP contribution < -0.4 is 0 Å². The lowest BCUT2D eigenvalue weighted by atomic mass is 9.82. The molecule has 0 nitrogen and oxygen atoms in total. The predicted octanol–water partition coefficient (Wildman–Crippen LogP) is 29.2. The topological polar surface area (TPSA) is 0 Å². The molecule has 0 saturated heterocycles. The quantitative estimate of drug-likeness (QED) is 0.133. The molecule has 0 atom stereocenters.